The Balaban J connectivity index is 1.74. The number of aromatic amines is 1. The van der Waals surface area contributed by atoms with Crippen LogP contribution >= 0.6 is 0 Å². The molecule has 31 heavy (non-hydrogen) atoms. The van der Waals surface area contributed by atoms with Crippen molar-refractivity contribution in [2.45, 2.75) is 50.5 Å². The fourth-order valence-electron chi connectivity index (χ4n) is 4.25. The van der Waals surface area contributed by atoms with Crippen molar-refractivity contribution in [2.75, 3.05) is 5.32 Å². The van der Waals surface area contributed by atoms with Crippen LogP contribution in [0.5, 0.6) is 0 Å². The van der Waals surface area contributed by atoms with Crippen molar-refractivity contribution < 1.29 is 4.21 Å². The molecular formula is C22H26N6O2S. The van der Waals surface area contributed by atoms with Crippen LogP contribution in [0.4, 0.5) is 11.5 Å². The van der Waals surface area contributed by atoms with Gasteiger partial charge in [-0.15, -0.1) is 0 Å². The molecule has 0 bridgehead atoms. The highest BCUT2D eigenvalue weighted by atomic mass is 32.2. The second-order valence-electron chi connectivity index (χ2n) is 8.14. The summed E-state index contributed by atoms with van der Waals surface area (Å²) in [5, 5.41) is 23.6. The van der Waals surface area contributed by atoms with Crippen LogP contribution < -0.4 is 16.0 Å². The first-order valence-electron chi connectivity index (χ1n) is 10.3. The number of hydrogen-bond donors (Lipinski definition) is 3. The van der Waals surface area contributed by atoms with Gasteiger partial charge >= 0.3 is 0 Å². The molecule has 4 N–H and O–H groups in total. The largest absolute Gasteiger partial charge is 0.338 e. The average molecular weight is 439 g/mol. The van der Waals surface area contributed by atoms with E-state index in [1.807, 2.05) is 10.7 Å². The first-order valence-corrected chi connectivity index (χ1v) is 11.9. The van der Waals surface area contributed by atoms with Crippen LogP contribution in [0, 0.1) is 17.2 Å². The van der Waals surface area contributed by atoms with Gasteiger partial charge in [-0.05, 0) is 67.8 Å². The Morgan fingerprint density at radius 1 is 1.32 bits per heavy atom. The summed E-state index contributed by atoms with van der Waals surface area (Å²) in [7, 11) is -2.69. The highest BCUT2D eigenvalue weighted by Gasteiger charge is 2.31. The number of fused-ring (bicyclic) bond motifs is 1. The molecular weight excluding hydrogens is 412 g/mol. The van der Waals surface area contributed by atoms with E-state index < -0.39 is 9.71 Å². The lowest BCUT2D eigenvalue weighted by Gasteiger charge is -2.18. The van der Waals surface area contributed by atoms with E-state index in [-0.39, 0.29) is 17.5 Å². The summed E-state index contributed by atoms with van der Waals surface area (Å²) in [6.07, 6.45) is 5.06. The molecule has 1 aromatic carbocycles. The number of pyridine rings is 1. The SMILES string of the molecule is CC(C)=S(N)(=O)c1ccc(Nc2nn(C3CCCC3CC#N)c3cc[nH]c(=O)c23)cc1. The van der Waals surface area contributed by atoms with E-state index in [4.69, 9.17) is 10.2 Å². The van der Waals surface area contributed by atoms with Crippen molar-refractivity contribution in [3.63, 3.8) is 0 Å². The Hall–Kier alpha value is -3.09. The smallest absolute Gasteiger partial charge is 0.261 e. The summed E-state index contributed by atoms with van der Waals surface area (Å²) in [6.45, 7) is 3.50. The molecule has 3 unspecified atom stereocenters. The lowest BCUT2D eigenvalue weighted by Crippen LogP contribution is -2.19. The molecule has 0 radical (unpaired) electrons. The van der Waals surface area contributed by atoms with Crippen molar-refractivity contribution in [1.82, 2.24) is 14.8 Å². The maximum atomic E-state index is 12.6. The molecule has 1 saturated carbocycles. The lowest BCUT2D eigenvalue weighted by molar-refractivity contribution is 0.366. The van der Waals surface area contributed by atoms with Crippen LogP contribution in [0.25, 0.3) is 10.9 Å². The molecule has 1 aliphatic carbocycles. The maximum absolute atomic E-state index is 12.6. The Morgan fingerprint density at radius 2 is 2.06 bits per heavy atom. The molecule has 0 amide bonds. The maximum Gasteiger partial charge on any atom is 0.261 e. The number of nitriles is 1. The summed E-state index contributed by atoms with van der Waals surface area (Å²) in [6, 6.07) is 11.2. The van der Waals surface area contributed by atoms with Crippen molar-refractivity contribution in [1.29, 1.82) is 5.26 Å². The van der Waals surface area contributed by atoms with Gasteiger partial charge in [-0.25, -0.2) is 4.21 Å². The highest BCUT2D eigenvalue weighted by Crippen LogP contribution is 2.40. The molecule has 0 spiro atoms. The third kappa shape index (κ3) is 3.84. The first kappa shape index (κ1) is 21.2. The number of nitrogens with two attached hydrogens (primary N) is 1. The quantitative estimate of drug-likeness (QED) is 0.525. The monoisotopic (exact) mass is 438 g/mol. The predicted molar refractivity (Wildman–Crippen MR) is 124 cm³/mol. The van der Waals surface area contributed by atoms with Crippen LogP contribution in [0.1, 0.15) is 45.6 Å². The molecule has 1 aliphatic rings. The fraction of sp³-hybridized carbons (Fsp3) is 0.364. The van der Waals surface area contributed by atoms with Crippen molar-refractivity contribution >= 4 is 37.0 Å². The minimum atomic E-state index is -2.69. The van der Waals surface area contributed by atoms with Crippen LogP contribution in [0.3, 0.4) is 0 Å². The molecule has 162 valence electrons. The van der Waals surface area contributed by atoms with Gasteiger partial charge in [0.2, 0.25) is 0 Å². The normalized spacial score (nSPS) is 20.3. The number of hydrogen-bond acceptors (Lipinski definition) is 5. The Labute approximate surface area is 181 Å². The average Bonchev–Trinajstić information content (AvgIpc) is 3.34. The van der Waals surface area contributed by atoms with Gasteiger partial charge in [-0.1, -0.05) is 6.42 Å². The minimum Gasteiger partial charge on any atom is -0.338 e. The van der Waals surface area contributed by atoms with Crippen LogP contribution in [-0.2, 0) is 9.71 Å². The second kappa shape index (κ2) is 8.21. The summed E-state index contributed by atoms with van der Waals surface area (Å²) >= 11 is 0. The molecule has 8 nitrogen and oxygen atoms in total. The van der Waals surface area contributed by atoms with Crippen molar-refractivity contribution in [3.05, 3.63) is 46.9 Å². The number of rotatable bonds is 5. The third-order valence-corrected chi connectivity index (χ3v) is 8.18. The van der Waals surface area contributed by atoms with E-state index in [9.17, 15) is 14.3 Å². The molecule has 3 atom stereocenters. The first-order chi connectivity index (χ1) is 14.8. The topological polar surface area (TPSA) is 130 Å². The van der Waals surface area contributed by atoms with Crippen molar-refractivity contribution in [3.8, 4) is 6.07 Å². The van der Waals surface area contributed by atoms with Gasteiger partial charge in [-0.2, -0.15) is 10.4 Å². The molecule has 4 rings (SSSR count). The van der Waals surface area contributed by atoms with E-state index in [0.29, 0.717) is 33.1 Å². The van der Waals surface area contributed by atoms with Gasteiger partial charge in [0.25, 0.3) is 5.56 Å². The molecule has 2 aromatic heterocycles. The zero-order valence-corrected chi connectivity index (χ0v) is 18.4. The number of aromatic nitrogens is 3. The van der Waals surface area contributed by atoms with Crippen molar-refractivity contribution in [2.24, 2.45) is 11.1 Å². The van der Waals surface area contributed by atoms with Gasteiger partial charge in [0.15, 0.2) is 5.82 Å². The standard InChI is InChI=1S/C22H26N6O2S/c1-14(2)31(24,30)17-8-6-16(7-9-17)26-21-20-19(11-13-25-22(20)29)28(27-21)18-5-3-4-15(18)10-12-23/h6-9,11,13,15,18H,3-5,10H2,1-2H3,(H2,24,30)(H,25,29)(H,26,27). The molecule has 0 saturated heterocycles. The molecule has 2 heterocycles. The number of nitrogens with one attached hydrogen (secondary N) is 2. The number of H-pyrrole nitrogens is 1. The van der Waals surface area contributed by atoms with E-state index in [0.717, 1.165) is 24.8 Å². The Morgan fingerprint density at radius 3 is 2.74 bits per heavy atom. The van der Waals surface area contributed by atoms with Gasteiger partial charge in [0.1, 0.15) is 5.39 Å². The molecule has 3 aromatic rings. The zero-order valence-electron chi connectivity index (χ0n) is 17.6. The van der Waals surface area contributed by atoms with E-state index >= 15 is 0 Å². The summed E-state index contributed by atoms with van der Waals surface area (Å²) in [5.41, 5.74) is 1.24. The second-order valence-corrected chi connectivity index (χ2v) is 10.6. The third-order valence-electron chi connectivity index (χ3n) is 5.99. The molecule has 9 heteroatoms. The Kier molecular flexibility index (Phi) is 5.60. The highest BCUT2D eigenvalue weighted by molar-refractivity contribution is 8.00. The summed E-state index contributed by atoms with van der Waals surface area (Å²) in [4.78, 5) is 16.6. The zero-order chi connectivity index (χ0) is 22.2. The Bertz CT molecular complexity index is 1340. The summed E-state index contributed by atoms with van der Waals surface area (Å²) in [5.74, 6) is 0.685. The predicted octanol–water partition coefficient (Wildman–Crippen LogP) is 3.45. The number of benzene rings is 1. The van der Waals surface area contributed by atoms with E-state index in [2.05, 4.69) is 16.4 Å². The molecule has 0 aliphatic heterocycles. The van der Waals surface area contributed by atoms with Crippen LogP contribution in [0.2, 0.25) is 0 Å². The van der Waals surface area contributed by atoms with Gasteiger partial charge in [0.05, 0.1) is 27.3 Å². The summed E-state index contributed by atoms with van der Waals surface area (Å²) < 4.78 is 14.5. The van der Waals surface area contributed by atoms with E-state index in [1.54, 1.807) is 44.3 Å². The van der Waals surface area contributed by atoms with Gasteiger partial charge in [0, 0.05) is 23.2 Å². The molecule has 1 fully saturated rings. The van der Waals surface area contributed by atoms with Gasteiger partial charge in [-0.3, -0.25) is 14.6 Å². The van der Waals surface area contributed by atoms with Crippen LogP contribution in [0.15, 0.2) is 46.2 Å². The number of anilines is 2. The number of nitrogens with zero attached hydrogens (tertiary/aromatic N) is 3. The minimum absolute atomic E-state index is 0.0897. The van der Waals surface area contributed by atoms with E-state index in [1.165, 1.54) is 0 Å². The lowest BCUT2D eigenvalue weighted by atomic mass is 10.0. The van der Waals surface area contributed by atoms with Crippen LogP contribution in [-0.4, -0.2) is 23.8 Å². The van der Waals surface area contributed by atoms with Gasteiger partial charge < -0.3 is 10.3 Å². The fourth-order valence-corrected chi connectivity index (χ4v) is 5.26.